The van der Waals surface area contributed by atoms with Crippen molar-refractivity contribution >= 4 is 0 Å². The number of hydrogen-bond donors (Lipinski definition) is 3. The minimum atomic E-state index is -0.584. The maximum Gasteiger partial charge on any atom is 0.131 e. The summed E-state index contributed by atoms with van der Waals surface area (Å²) in [6.45, 7) is -0.584. The lowest BCUT2D eigenvalue weighted by molar-refractivity contribution is 0.476. The van der Waals surface area contributed by atoms with Gasteiger partial charge in [0, 0.05) is 6.42 Å². The standard InChI is InChI=1S/C10H13FN4/c11-7-9-5-1-3-8(14-9)4-2-6-10(12)15-13/h1,3,5,10,15H,6-7,12-13H2. The number of pyridine rings is 1. The van der Waals surface area contributed by atoms with Crippen LogP contribution in [0.25, 0.3) is 0 Å². The number of nitrogens with two attached hydrogens (primary N) is 2. The van der Waals surface area contributed by atoms with Crippen molar-refractivity contribution in [2.24, 2.45) is 11.6 Å². The van der Waals surface area contributed by atoms with E-state index in [4.69, 9.17) is 11.6 Å². The maximum atomic E-state index is 12.3. The molecule has 0 aromatic carbocycles. The molecule has 1 unspecified atom stereocenters. The van der Waals surface area contributed by atoms with Crippen LogP contribution in [-0.2, 0) is 6.67 Å². The molecule has 0 aliphatic carbocycles. The Balaban J connectivity index is 2.63. The highest BCUT2D eigenvalue weighted by atomic mass is 19.1. The van der Waals surface area contributed by atoms with Gasteiger partial charge < -0.3 is 5.73 Å². The van der Waals surface area contributed by atoms with Gasteiger partial charge in [-0.2, -0.15) is 0 Å². The number of halogens is 1. The molecule has 4 nitrogen and oxygen atoms in total. The molecule has 0 amide bonds. The zero-order valence-corrected chi connectivity index (χ0v) is 8.20. The Morgan fingerprint density at radius 3 is 3.00 bits per heavy atom. The SMILES string of the molecule is NNC(N)CC#Cc1cccc(CF)n1. The minimum absolute atomic E-state index is 0.359. The number of aromatic nitrogens is 1. The van der Waals surface area contributed by atoms with E-state index >= 15 is 0 Å². The molecule has 15 heavy (non-hydrogen) atoms. The molecule has 80 valence electrons. The van der Waals surface area contributed by atoms with Crippen molar-refractivity contribution in [3.63, 3.8) is 0 Å². The zero-order valence-electron chi connectivity index (χ0n) is 8.20. The lowest BCUT2D eigenvalue weighted by Crippen LogP contribution is -2.41. The lowest BCUT2D eigenvalue weighted by atomic mass is 10.3. The van der Waals surface area contributed by atoms with Crippen molar-refractivity contribution in [2.45, 2.75) is 19.3 Å². The Labute approximate surface area is 87.8 Å². The number of rotatable bonds is 3. The molecule has 0 saturated carbocycles. The summed E-state index contributed by atoms with van der Waals surface area (Å²) in [5, 5.41) is 0. The van der Waals surface area contributed by atoms with Crippen molar-refractivity contribution in [1.29, 1.82) is 0 Å². The molecule has 0 bridgehead atoms. The molecule has 0 saturated heterocycles. The van der Waals surface area contributed by atoms with E-state index in [1.807, 2.05) is 0 Å². The minimum Gasteiger partial charge on any atom is -0.314 e. The van der Waals surface area contributed by atoms with Crippen molar-refractivity contribution in [1.82, 2.24) is 10.4 Å². The van der Waals surface area contributed by atoms with Crippen molar-refractivity contribution in [3.05, 3.63) is 29.6 Å². The second-order valence-electron chi connectivity index (χ2n) is 2.93. The number of nitrogens with one attached hydrogen (secondary N) is 1. The molecule has 0 aliphatic rings. The fraction of sp³-hybridized carbons (Fsp3) is 0.300. The van der Waals surface area contributed by atoms with E-state index in [-0.39, 0.29) is 6.17 Å². The average Bonchev–Trinajstić information content (AvgIpc) is 2.29. The quantitative estimate of drug-likeness (QED) is 0.284. The fourth-order valence-corrected chi connectivity index (χ4v) is 0.934. The van der Waals surface area contributed by atoms with Gasteiger partial charge in [0.2, 0.25) is 0 Å². The van der Waals surface area contributed by atoms with Crippen molar-refractivity contribution in [3.8, 4) is 11.8 Å². The molecule has 1 aromatic rings. The highest BCUT2D eigenvalue weighted by molar-refractivity contribution is 5.28. The predicted octanol–water partition coefficient (Wildman–Crippen LogP) is 0.0408. The number of nitrogens with zero attached hydrogens (tertiary/aromatic N) is 1. The van der Waals surface area contributed by atoms with Gasteiger partial charge in [-0.1, -0.05) is 12.0 Å². The van der Waals surface area contributed by atoms with E-state index in [1.54, 1.807) is 18.2 Å². The monoisotopic (exact) mass is 208 g/mol. The summed E-state index contributed by atoms with van der Waals surface area (Å²) < 4.78 is 12.3. The van der Waals surface area contributed by atoms with Crippen LogP contribution >= 0.6 is 0 Å². The summed E-state index contributed by atoms with van der Waals surface area (Å²) in [5.74, 6) is 10.7. The Hall–Kier alpha value is -1.48. The van der Waals surface area contributed by atoms with Crippen molar-refractivity contribution < 1.29 is 4.39 Å². The molecule has 5 N–H and O–H groups in total. The molecule has 0 aliphatic heterocycles. The van der Waals surface area contributed by atoms with E-state index < -0.39 is 6.67 Å². The van der Waals surface area contributed by atoms with E-state index in [0.717, 1.165) is 0 Å². The first-order valence-electron chi connectivity index (χ1n) is 4.48. The van der Waals surface area contributed by atoms with Gasteiger partial charge in [-0.3, -0.25) is 5.84 Å². The molecular formula is C10H13FN4. The fourth-order valence-electron chi connectivity index (χ4n) is 0.934. The first kappa shape index (κ1) is 11.6. The maximum absolute atomic E-state index is 12.3. The van der Waals surface area contributed by atoms with Crippen LogP contribution in [0.5, 0.6) is 0 Å². The van der Waals surface area contributed by atoms with Gasteiger partial charge in [0.15, 0.2) is 0 Å². The molecule has 1 aromatic heterocycles. The molecule has 5 heteroatoms. The molecule has 1 rings (SSSR count). The Bertz CT molecular complexity index is 369. The highest BCUT2D eigenvalue weighted by Crippen LogP contribution is 1.99. The largest absolute Gasteiger partial charge is 0.314 e. The number of hydrazine groups is 1. The van der Waals surface area contributed by atoms with Gasteiger partial charge in [-0.05, 0) is 18.1 Å². The number of hydrogen-bond acceptors (Lipinski definition) is 4. The van der Waals surface area contributed by atoms with Crippen LogP contribution in [0.4, 0.5) is 4.39 Å². The van der Waals surface area contributed by atoms with Gasteiger partial charge in [-0.15, -0.1) is 0 Å². The second-order valence-corrected chi connectivity index (χ2v) is 2.93. The molecular weight excluding hydrogens is 195 g/mol. The number of alkyl halides is 1. The van der Waals surface area contributed by atoms with Gasteiger partial charge in [-0.25, -0.2) is 14.8 Å². The summed E-state index contributed by atoms with van der Waals surface area (Å²) in [4.78, 5) is 3.97. The van der Waals surface area contributed by atoms with Crippen LogP contribution in [0, 0.1) is 11.8 Å². The summed E-state index contributed by atoms with van der Waals surface area (Å²) >= 11 is 0. The highest BCUT2D eigenvalue weighted by Gasteiger charge is 1.95. The van der Waals surface area contributed by atoms with Crippen molar-refractivity contribution in [2.75, 3.05) is 0 Å². The van der Waals surface area contributed by atoms with Gasteiger partial charge in [0.05, 0.1) is 11.9 Å². The predicted molar refractivity (Wildman–Crippen MR) is 55.8 cm³/mol. The molecule has 0 fully saturated rings. The molecule has 1 atom stereocenters. The van der Waals surface area contributed by atoms with Crippen LogP contribution in [-0.4, -0.2) is 11.1 Å². The van der Waals surface area contributed by atoms with Gasteiger partial charge in [0.25, 0.3) is 0 Å². The summed E-state index contributed by atoms with van der Waals surface area (Å²) in [5.41, 5.74) is 8.76. The van der Waals surface area contributed by atoms with E-state index in [0.29, 0.717) is 17.8 Å². The Morgan fingerprint density at radius 2 is 2.33 bits per heavy atom. The normalized spacial score (nSPS) is 11.7. The van der Waals surface area contributed by atoms with Crippen LogP contribution in [0.1, 0.15) is 17.8 Å². The Kier molecular flexibility index (Phi) is 4.71. The van der Waals surface area contributed by atoms with Gasteiger partial charge in [0.1, 0.15) is 12.4 Å². The Morgan fingerprint density at radius 1 is 1.53 bits per heavy atom. The molecule has 0 radical (unpaired) electrons. The third kappa shape index (κ3) is 4.04. The third-order valence-electron chi connectivity index (χ3n) is 1.70. The molecule has 1 heterocycles. The second kappa shape index (κ2) is 6.09. The van der Waals surface area contributed by atoms with E-state index in [2.05, 4.69) is 22.3 Å². The summed E-state index contributed by atoms with van der Waals surface area (Å²) in [7, 11) is 0. The first-order valence-corrected chi connectivity index (χ1v) is 4.48. The molecule has 0 spiro atoms. The topological polar surface area (TPSA) is 77.0 Å². The van der Waals surface area contributed by atoms with E-state index in [9.17, 15) is 4.39 Å². The van der Waals surface area contributed by atoms with Crippen LogP contribution in [0.2, 0.25) is 0 Å². The van der Waals surface area contributed by atoms with E-state index in [1.165, 1.54) is 0 Å². The lowest BCUT2D eigenvalue weighted by Gasteiger charge is -2.02. The smallest absolute Gasteiger partial charge is 0.131 e. The third-order valence-corrected chi connectivity index (χ3v) is 1.70. The summed E-state index contributed by atoms with van der Waals surface area (Å²) in [6, 6.07) is 5.04. The summed E-state index contributed by atoms with van der Waals surface area (Å²) in [6.07, 6.45) is 0.0553. The van der Waals surface area contributed by atoms with Gasteiger partial charge >= 0.3 is 0 Å². The average molecular weight is 208 g/mol. The van der Waals surface area contributed by atoms with Crippen LogP contribution < -0.4 is 17.0 Å². The van der Waals surface area contributed by atoms with Crippen LogP contribution in [0.15, 0.2) is 18.2 Å². The first-order chi connectivity index (χ1) is 7.26. The van der Waals surface area contributed by atoms with Crippen LogP contribution in [0.3, 0.4) is 0 Å². The zero-order chi connectivity index (χ0) is 11.1.